The van der Waals surface area contributed by atoms with Gasteiger partial charge in [-0.05, 0) is 38.5 Å². The first-order chi connectivity index (χ1) is 12.5. The largest absolute Gasteiger partial charge is 0.354 e. The average Bonchev–Trinajstić information content (AvgIpc) is 2.61. The summed E-state index contributed by atoms with van der Waals surface area (Å²) in [6.07, 6.45) is 0.729. The number of hydrogen-bond donors (Lipinski definition) is 1. The van der Waals surface area contributed by atoms with Gasteiger partial charge in [-0.2, -0.15) is 4.98 Å². The van der Waals surface area contributed by atoms with E-state index in [1.165, 1.54) is 0 Å². The lowest BCUT2D eigenvalue weighted by Gasteiger charge is -2.15. The highest BCUT2D eigenvalue weighted by atomic mass is 35.5. The summed E-state index contributed by atoms with van der Waals surface area (Å²) in [5.41, 5.74) is 2.57. The Morgan fingerprint density at radius 3 is 2.46 bits per heavy atom. The summed E-state index contributed by atoms with van der Waals surface area (Å²) in [6, 6.07) is 6.98. The Morgan fingerprint density at radius 1 is 1.08 bits per heavy atom. The summed E-state index contributed by atoms with van der Waals surface area (Å²) in [5, 5.41) is 4.97. The Labute approximate surface area is 162 Å². The lowest BCUT2D eigenvalue weighted by molar-refractivity contribution is 0.749. The molecule has 0 unspecified atom stereocenters. The van der Waals surface area contributed by atoms with Gasteiger partial charge in [0.1, 0.15) is 5.65 Å². The number of rotatable bonds is 5. The van der Waals surface area contributed by atoms with E-state index in [1.54, 1.807) is 22.8 Å². The molecule has 136 valence electrons. The maximum Gasteiger partial charge on any atom is 0.260 e. The van der Waals surface area contributed by atoms with Gasteiger partial charge in [0, 0.05) is 34.6 Å². The van der Waals surface area contributed by atoms with Crippen molar-refractivity contribution in [3.63, 3.8) is 0 Å². The van der Waals surface area contributed by atoms with Gasteiger partial charge in [0.15, 0.2) is 0 Å². The fraction of sp³-hybridized carbons (Fsp3) is 0.316. The maximum absolute atomic E-state index is 13.1. The molecule has 26 heavy (non-hydrogen) atoms. The summed E-state index contributed by atoms with van der Waals surface area (Å²) in [5.74, 6) is 0.538. The van der Waals surface area contributed by atoms with Crippen LogP contribution in [0.3, 0.4) is 0 Å². The molecule has 0 aliphatic rings. The summed E-state index contributed by atoms with van der Waals surface area (Å²) in [7, 11) is 0. The molecule has 0 atom stereocenters. The fourth-order valence-electron chi connectivity index (χ4n) is 3.00. The first-order valence-electron chi connectivity index (χ1n) is 8.63. The second kappa shape index (κ2) is 7.64. The van der Waals surface area contributed by atoms with Gasteiger partial charge in [0.25, 0.3) is 5.56 Å². The van der Waals surface area contributed by atoms with E-state index in [0.29, 0.717) is 45.9 Å². The molecule has 0 fully saturated rings. The summed E-state index contributed by atoms with van der Waals surface area (Å²) >= 11 is 12.3. The third kappa shape index (κ3) is 3.29. The van der Waals surface area contributed by atoms with Gasteiger partial charge in [-0.3, -0.25) is 9.36 Å². The van der Waals surface area contributed by atoms with Crippen molar-refractivity contribution in [2.75, 3.05) is 11.9 Å². The minimum atomic E-state index is -0.132. The highest BCUT2D eigenvalue weighted by Crippen LogP contribution is 2.30. The highest BCUT2D eigenvalue weighted by molar-refractivity contribution is 6.36. The quantitative estimate of drug-likeness (QED) is 0.680. The molecule has 0 saturated carbocycles. The van der Waals surface area contributed by atoms with Crippen LogP contribution in [-0.4, -0.2) is 21.1 Å². The van der Waals surface area contributed by atoms with E-state index in [0.717, 1.165) is 17.5 Å². The lowest BCUT2D eigenvalue weighted by Crippen LogP contribution is -2.23. The van der Waals surface area contributed by atoms with Gasteiger partial charge in [-0.15, -0.1) is 0 Å². The number of benzene rings is 1. The minimum absolute atomic E-state index is 0.132. The fourth-order valence-corrected chi connectivity index (χ4v) is 3.52. The van der Waals surface area contributed by atoms with Crippen LogP contribution in [0.15, 0.2) is 29.1 Å². The zero-order valence-electron chi connectivity index (χ0n) is 14.9. The van der Waals surface area contributed by atoms with Crippen molar-refractivity contribution in [1.82, 2.24) is 14.5 Å². The summed E-state index contributed by atoms with van der Waals surface area (Å²) in [6.45, 7) is 7.16. The van der Waals surface area contributed by atoms with E-state index in [9.17, 15) is 4.79 Å². The molecule has 0 bridgehead atoms. The maximum atomic E-state index is 13.1. The van der Waals surface area contributed by atoms with Crippen LogP contribution in [0.4, 0.5) is 5.95 Å². The van der Waals surface area contributed by atoms with Crippen molar-refractivity contribution in [1.29, 1.82) is 0 Å². The number of anilines is 1. The average molecular weight is 391 g/mol. The third-order valence-electron chi connectivity index (χ3n) is 4.23. The van der Waals surface area contributed by atoms with Crippen LogP contribution in [0.25, 0.3) is 22.2 Å². The SMILES string of the molecule is CCNc1nc(CC)c2cc(-c3ccc(Cl)cc3Cl)c(=O)n(CC)c2n1. The first kappa shape index (κ1) is 18.7. The van der Waals surface area contributed by atoms with Crippen LogP contribution >= 0.6 is 23.2 Å². The topological polar surface area (TPSA) is 59.8 Å². The second-order valence-corrected chi connectivity index (χ2v) is 6.69. The number of nitrogens with one attached hydrogen (secondary N) is 1. The third-order valence-corrected chi connectivity index (χ3v) is 4.78. The molecule has 1 N–H and O–H groups in total. The molecule has 5 nitrogen and oxygen atoms in total. The zero-order chi connectivity index (χ0) is 18.8. The molecule has 0 aliphatic carbocycles. The predicted molar refractivity (Wildman–Crippen MR) is 108 cm³/mol. The molecule has 0 saturated heterocycles. The predicted octanol–water partition coefficient (Wildman–Crippen LogP) is 4.78. The highest BCUT2D eigenvalue weighted by Gasteiger charge is 2.17. The molecule has 0 radical (unpaired) electrons. The van der Waals surface area contributed by atoms with E-state index in [1.807, 2.05) is 26.8 Å². The number of nitrogens with zero attached hydrogens (tertiary/aromatic N) is 3. The van der Waals surface area contributed by atoms with Crippen molar-refractivity contribution < 1.29 is 0 Å². The molecule has 2 heterocycles. The molecule has 1 aromatic carbocycles. The molecule has 0 spiro atoms. The monoisotopic (exact) mass is 390 g/mol. The smallest absolute Gasteiger partial charge is 0.260 e. The van der Waals surface area contributed by atoms with Crippen molar-refractivity contribution in [2.24, 2.45) is 0 Å². The van der Waals surface area contributed by atoms with Gasteiger partial charge >= 0.3 is 0 Å². The Kier molecular flexibility index (Phi) is 5.49. The van der Waals surface area contributed by atoms with E-state index >= 15 is 0 Å². The Morgan fingerprint density at radius 2 is 1.85 bits per heavy atom. The molecule has 0 amide bonds. The Hall–Kier alpha value is -2.11. The molecule has 0 aliphatic heterocycles. The van der Waals surface area contributed by atoms with Crippen molar-refractivity contribution in [3.8, 4) is 11.1 Å². The Balaban J connectivity index is 2.38. The number of aryl methyl sites for hydroxylation is 2. The number of hydrogen-bond acceptors (Lipinski definition) is 4. The Bertz CT molecular complexity index is 1030. The van der Waals surface area contributed by atoms with Crippen molar-refractivity contribution in [3.05, 3.63) is 50.4 Å². The van der Waals surface area contributed by atoms with Crippen LogP contribution in [0.2, 0.25) is 10.0 Å². The molecule has 3 rings (SSSR count). The van der Waals surface area contributed by atoms with Crippen molar-refractivity contribution >= 4 is 40.2 Å². The summed E-state index contributed by atoms with van der Waals surface area (Å²) in [4.78, 5) is 22.3. The molecule has 3 aromatic rings. The van der Waals surface area contributed by atoms with Gasteiger partial charge in [-0.25, -0.2) is 4.98 Å². The van der Waals surface area contributed by atoms with Crippen LogP contribution in [0, 0.1) is 0 Å². The van der Waals surface area contributed by atoms with Crippen LogP contribution < -0.4 is 10.9 Å². The number of aromatic nitrogens is 3. The van der Waals surface area contributed by atoms with E-state index in [4.69, 9.17) is 23.2 Å². The molecule has 2 aromatic heterocycles. The summed E-state index contributed by atoms with van der Waals surface area (Å²) < 4.78 is 1.66. The number of pyridine rings is 1. The van der Waals surface area contributed by atoms with Crippen LogP contribution in [0.5, 0.6) is 0 Å². The van der Waals surface area contributed by atoms with E-state index in [-0.39, 0.29) is 5.56 Å². The van der Waals surface area contributed by atoms with Gasteiger partial charge in [0.2, 0.25) is 5.95 Å². The minimum Gasteiger partial charge on any atom is -0.354 e. The number of halogens is 2. The van der Waals surface area contributed by atoms with Gasteiger partial charge < -0.3 is 5.32 Å². The number of fused-ring (bicyclic) bond motifs is 1. The zero-order valence-corrected chi connectivity index (χ0v) is 16.4. The molecular formula is C19H20Cl2N4O. The normalized spacial score (nSPS) is 11.1. The van der Waals surface area contributed by atoms with E-state index in [2.05, 4.69) is 15.3 Å². The second-order valence-electron chi connectivity index (χ2n) is 5.85. The van der Waals surface area contributed by atoms with Crippen LogP contribution in [-0.2, 0) is 13.0 Å². The van der Waals surface area contributed by atoms with Crippen molar-refractivity contribution in [2.45, 2.75) is 33.7 Å². The van der Waals surface area contributed by atoms with Gasteiger partial charge in [0.05, 0.1) is 10.7 Å². The standard InChI is InChI=1S/C19H20Cl2N4O/c1-4-16-14-10-13(12-8-7-11(20)9-15(12)21)18(26)25(6-3)17(14)24-19(23-16)22-5-2/h7-10H,4-6H2,1-3H3,(H,22,23,24). The molecule has 7 heteroatoms. The van der Waals surface area contributed by atoms with Gasteiger partial charge in [-0.1, -0.05) is 36.2 Å². The first-order valence-corrected chi connectivity index (χ1v) is 9.39. The lowest BCUT2D eigenvalue weighted by atomic mass is 10.0. The van der Waals surface area contributed by atoms with Crippen LogP contribution in [0.1, 0.15) is 26.5 Å². The van der Waals surface area contributed by atoms with E-state index < -0.39 is 0 Å². The molecular weight excluding hydrogens is 371 g/mol.